The van der Waals surface area contributed by atoms with Gasteiger partial charge in [-0.1, -0.05) is 6.08 Å². The Labute approximate surface area is 126 Å². The molecule has 0 aromatic carbocycles. The molecular formula is C15H26N4O2. The average molecular weight is 294 g/mol. The maximum absolute atomic E-state index is 12.0. The van der Waals surface area contributed by atoms with Gasteiger partial charge in [0.1, 0.15) is 0 Å². The molecule has 0 bridgehead atoms. The van der Waals surface area contributed by atoms with Crippen LogP contribution in [0.2, 0.25) is 0 Å². The number of hydrogen-bond donors (Lipinski definition) is 1. The lowest BCUT2D eigenvalue weighted by molar-refractivity contribution is -0.140. The van der Waals surface area contributed by atoms with Crippen LogP contribution in [0.3, 0.4) is 0 Å². The summed E-state index contributed by atoms with van der Waals surface area (Å²) in [5, 5.41) is 2.67. The van der Waals surface area contributed by atoms with Crippen LogP contribution in [-0.4, -0.2) is 80.5 Å². The first-order chi connectivity index (χ1) is 9.96. The van der Waals surface area contributed by atoms with Gasteiger partial charge >= 0.3 is 6.03 Å². The summed E-state index contributed by atoms with van der Waals surface area (Å²) in [6, 6.07) is 0.00345. The molecule has 0 radical (unpaired) electrons. The van der Waals surface area contributed by atoms with Crippen LogP contribution < -0.4 is 5.32 Å². The Morgan fingerprint density at radius 2 is 1.81 bits per heavy atom. The highest BCUT2D eigenvalue weighted by molar-refractivity contribution is 5.88. The van der Waals surface area contributed by atoms with E-state index in [0.717, 1.165) is 45.6 Å². The van der Waals surface area contributed by atoms with Gasteiger partial charge in [0.2, 0.25) is 5.91 Å². The number of piperidine rings is 1. The molecule has 1 spiro atoms. The summed E-state index contributed by atoms with van der Waals surface area (Å²) in [6.45, 7) is 4.03. The molecule has 6 heteroatoms. The molecule has 2 saturated heterocycles. The third-order valence-electron chi connectivity index (χ3n) is 4.42. The molecule has 21 heavy (non-hydrogen) atoms. The maximum Gasteiger partial charge on any atom is 0.317 e. The van der Waals surface area contributed by atoms with Crippen LogP contribution in [0.1, 0.15) is 12.8 Å². The zero-order valence-electron chi connectivity index (χ0n) is 13.3. The van der Waals surface area contributed by atoms with E-state index in [1.807, 2.05) is 34.9 Å². The fourth-order valence-corrected chi connectivity index (χ4v) is 3.05. The van der Waals surface area contributed by atoms with Crippen molar-refractivity contribution in [2.75, 3.05) is 53.9 Å². The third-order valence-corrected chi connectivity index (χ3v) is 4.42. The minimum atomic E-state index is 0.00345. The number of likely N-dealkylation sites (N-methyl/N-ethyl adjacent to an activating group) is 1. The summed E-state index contributed by atoms with van der Waals surface area (Å²) in [5.74, 6) is 0.108. The molecule has 0 aliphatic carbocycles. The Kier molecular flexibility index (Phi) is 4.88. The second-order valence-electron chi connectivity index (χ2n) is 6.40. The van der Waals surface area contributed by atoms with Gasteiger partial charge in [0.05, 0.1) is 0 Å². The van der Waals surface area contributed by atoms with E-state index in [2.05, 4.69) is 5.32 Å². The fourth-order valence-electron chi connectivity index (χ4n) is 3.05. The largest absolute Gasteiger partial charge is 0.341 e. The van der Waals surface area contributed by atoms with Gasteiger partial charge < -0.3 is 20.0 Å². The monoisotopic (exact) mass is 294 g/mol. The Morgan fingerprint density at radius 3 is 2.33 bits per heavy atom. The van der Waals surface area contributed by atoms with Crippen molar-refractivity contribution in [3.8, 4) is 0 Å². The van der Waals surface area contributed by atoms with Crippen molar-refractivity contribution in [2.45, 2.75) is 12.8 Å². The van der Waals surface area contributed by atoms with E-state index < -0.39 is 0 Å². The van der Waals surface area contributed by atoms with Crippen molar-refractivity contribution in [3.05, 3.63) is 12.2 Å². The van der Waals surface area contributed by atoms with Gasteiger partial charge in [-0.15, -0.1) is 0 Å². The summed E-state index contributed by atoms with van der Waals surface area (Å²) in [7, 11) is 5.62. The predicted octanol–water partition coefficient (Wildman–Crippen LogP) is 0.368. The van der Waals surface area contributed by atoms with Crippen LogP contribution in [0, 0.1) is 5.41 Å². The van der Waals surface area contributed by atoms with Crippen LogP contribution in [0.4, 0.5) is 4.79 Å². The first kappa shape index (κ1) is 15.8. The smallest absolute Gasteiger partial charge is 0.317 e. The summed E-state index contributed by atoms with van der Waals surface area (Å²) < 4.78 is 0. The summed E-state index contributed by atoms with van der Waals surface area (Å²) in [4.78, 5) is 29.3. The molecular weight excluding hydrogens is 268 g/mol. The zero-order chi connectivity index (χ0) is 15.5. The molecule has 2 aliphatic rings. The highest BCUT2D eigenvalue weighted by Gasteiger charge is 2.46. The quantitative estimate of drug-likeness (QED) is 0.765. The van der Waals surface area contributed by atoms with Crippen molar-refractivity contribution < 1.29 is 9.59 Å². The lowest BCUT2D eigenvalue weighted by Crippen LogP contribution is -2.62. The molecule has 0 unspecified atom stereocenters. The first-order valence-electron chi connectivity index (χ1n) is 7.53. The number of hydrogen-bond acceptors (Lipinski definition) is 3. The third kappa shape index (κ3) is 3.75. The van der Waals surface area contributed by atoms with E-state index in [1.165, 1.54) is 0 Å². The summed E-state index contributed by atoms with van der Waals surface area (Å²) in [6.07, 6.45) is 5.56. The lowest BCUT2D eigenvalue weighted by atomic mass is 9.72. The molecule has 6 nitrogen and oxygen atoms in total. The number of likely N-dealkylation sites (tertiary alicyclic amines) is 2. The Hall–Kier alpha value is -1.56. The number of nitrogens with one attached hydrogen (secondary N) is 1. The second-order valence-corrected chi connectivity index (χ2v) is 6.40. The van der Waals surface area contributed by atoms with Crippen molar-refractivity contribution in [3.63, 3.8) is 0 Å². The Morgan fingerprint density at radius 1 is 1.19 bits per heavy atom. The van der Waals surface area contributed by atoms with Gasteiger partial charge in [0, 0.05) is 51.3 Å². The van der Waals surface area contributed by atoms with E-state index in [9.17, 15) is 9.59 Å². The van der Waals surface area contributed by atoms with E-state index in [0.29, 0.717) is 0 Å². The normalized spacial score (nSPS) is 21.0. The standard InChI is InChI=1S/C15H26N4O2/c1-16-14(21)18-9-6-15(7-10-18)11-19(12-15)13(20)5-4-8-17(2)3/h4-5H,6-12H2,1-3H3,(H,16,21)/b5-4+. The van der Waals surface area contributed by atoms with E-state index in [4.69, 9.17) is 0 Å². The minimum absolute atomic E-state index is 0.00345. The summed E-state index contributed by atoms with van der Waals surface area (Å²) in [5.41, 5.74) is 0.246. The SMILES string of the molecule is CNC(=O)N1CCC2(CC1)CN(C(=O)/C=C/CN(C)C)C2. The van der Waals surface area contributed by atoms with Gasteiger partial charge in [-0.25, -0.2) is 4.79 Å². The minimum Gasteiger partial charge on any atom is -0.341 e. The number of carbonyl (C=O) groups excluding carboxylic acids is 2. The molecule has 0 aromatic rings. The molecule has 2 heterocycles. The van der Waals surface area contributed by atoms with Gasteiger partial charge in [0.15, 0.2) is 0 Å². The van der Waals surface area contributed by atoms with Crippen molar-refractivity contribution in [1.29, 1.82) is 0 Å². The van der Waals surface area contributed by atoms with Crippen LogP contribution in [0.25, 0.3) is 0 Å². The molecule has 0 atom stereocenters. The zero-order valence-corrected chi connectivity index (χ0v) is 13.3. The molecule has 1 N–H and O–H groups in total. The molecule has 2 aliphatic heterocycles. The number of urea groups is 1. The van der Waals surface area contributed by atoms with Crippen LogP contribution >= 0.6 is 0 Å². The van der Waals surface area contributed by atoms with Crippen LogP contribution in [0.5, 0.6) is 0 Å². The van der Waals surface area contributed by atoms with E-state index in [-0.39, 0.29) is 17.4 Å². The van der Waals surface area contributed by atoms with Crippen molar-refractivity contribution >= 4 is 11.9 Å². The number of amides is 3. The molecule has 0 saturated carbocycles. The molecule has 118 valence electrons. The first-order valence-corrected chi connectivity index (χ1v) is 7.53. The fraction of sp³-hybridized carbons (Fsp3) is 0.733. The predicted molar refractivity (Wildman–Crippen MR) is 82.0 cm³/mol. The maximum atomic E-state index is 12.0. The van der Waals surface area contributed by atoms with Gasteiger partial charge in [0.25, 0.3) is 0 Å². The van der Waals surface area contributed by atoms with E-state index in [1.54, 1.807) is 13.1 Å². The molecule has 0 aromatic heterocycles. The topological polar surface area (TPSA) is 55.9 Å². The highest BCUT2D eigenvalue weighted by atomic mass is 16.2. The number of rotatable bonds is 3. The van der Waals surface area contributed by atoms with Gasteiger partial charge in [-0.05, 0) is 26.9 Å². The van der Waals surface area contributed by atoms with Crippen molar-refractivity contribution in [2.24, 2.45) is 5.41 Å². The number of nitrogens with zero attached hydrogens (tertiary/aromatic N) is 3. The lowest BCUT2D eigenvalue weighted by Gasteiger charge is -2.53. The van der Waals surface area contributed by atoms with Gasteiger partial charge in [-0.3, -0.25) is 4.79 Å². The molecule has 3 amide bonds. The van der Waals surface area contributed by atoms with E-state index >= 15 is 0 Å². The molecule has 2 rings (SSSR count). The van der Waals surface area contributed by atoms with Crippen molar-refractivity contribution in [1.82, 2.24) is 20.0 Å². The van der Waals surface area contributed by atoms with Crippen LogP contribution in [0.15, 0.2) is 12.2 Å². The second kappa shape index (κ2) is 6.47. The molecule has 2 fully saturated rings. The Balaban J connectivity index is 1.75. The summed E-state index contributed by atoms with van der Waals surface area (Å²) >= 11 is 0. The highest BCUT2D eigenvalue weighted by Crippen LogP contribution is 2.40. The Bertz CT molecular complexity index is 417. The van der Waals surface area contributed by atoms with Gasteiger partial charge in [-0.2, -0.15) is 0 Å². The average Bonchev–Trinajstić information content (AvgIpc) is 2.43. The van der Waals surface area contributed by atoms with Crippen LogP contribution in [-0.2, 0) is 4.79 Å². The number of carbonyl (C=O) groups is 2.